The van der Waals surface area contributed by atoms with E-state index in [1.807, 2.05) is 0 Å². The number of rotatable bonds is 28. The number of hydrogen-bond acceptors (Lipinski definition) is 0. The van der Waals surface area contributed by atoms with Crippen LogP contribution in [0.4, 0.5) is 0 Å². The molecule has 0 aromatic carbocycles. The molecule has 211 valence electrons. The highest BCUT2D eigenvalue weighted by Crippen LogP contribution is 2.61. The summed E-state index contributed by atoms with van der Waals surface area (Å²) in [7, 11) is -0.697. The minimum Gasteiger partial charge on any atom is -1.00 e. The molecule has 0 aromatic heterocycles. The van der Waals surface area contributed by atoms with Crippen molar-refractivity contribution in [3.05, 3.63) is 0 Å². The van der Waals surface area contributed by atoms with Crippen LogP contribution in [0.1, 0.15) is 182 Å². The van der Waals surface area contributed by atoms with Gasteiger partial charge in [0.05, 0.1) is 24.6 Å². The van der Waals surface area contributed by atoms with Crippen LogP contribution in [0.2, 0.25) is 0 Å². The van der Waals surface area contributed by atoms with Gasteiger partial charge in [0.2, 0.25) is 0 Å². The van der Waals surface area contributed by atoms with E-state index in [2.05, 4.69) is 27.7 Å². The van der Waals surface area contributed by atoms with Crippen LogP contribution >= 0.6 is 7.26 Å². The van der Waals surface area contributed by atoms with Crippen molar-refractivity contribution in [2.75, 3.05) is 24.6 Å². The molecule has 0 rings (SSSR count). The first-order valence-electron chi connectivity index (χ1n) is 16.1. The first-order valence-corrected chi connectivity index (χ1v) is 18.6. The van der Waals surface area contributed by atoms with E-state index >= 15 is 0 Å². The highest BCUT2D eigenvalue weighted by Gasteiger charge is 2.34. The first kappa shape index (κ1) is 40.3. The molecule has 3 radical (unpaired) electrons. The van der Waals surface area contributed by atoms with E-state index in [4.69, 9.17) is 0 Å². The molecule has 0 unspecified atom stereocenters. The van der Waals surface area contributed by atoms with Gasteiger partial charge in [-0.2, -0.15) is 0 Å². The van der Waals surface area contributed by atoms with Crippen LogP contribution in [0.3, 0.4) is 0 Å². The molecule has 0 heterocycles. The second-order valence-electron chi connectivity index (χ2n) is 11.3. The van der Waals surface area contributed by atoms with Crippen LogP contribution in [0.15, 0.2) is 0 Å². The Bertz CT molecular complexity index is 332. The molecule has 0 N–H and O–H groups in total. The van der Waals surface area contributed by atoms with Crippen molar-refractivity contribution < 1.29 is 12.4 Å². The monoisotopic (exact) mass is 529 g/mol. The Morgan fingerprint density at radius 2 is 0.457 bits per heavy atom. The molecule has 0 aromatic rings. The van der Waals surface area contributed by atoms with Crippen molar-refractivity contribution in [1.29, 1.82) is 0 Å². The van der Waals surface area contributed by atoms with E-state index in [1.165, 1.54) is 128 Å². The van der Waals surface area contributed by atoms with E-state index in [-0.39, 0.29) is 20.8 Å². The first-order chi connectivity index (χ1) is 16.2. The quantitative estimate of drug-likeness (QED) is 0.0538. The van der Waals surface area contributed by atoms with E-state index in [0.717, 1.165) is 0 Å². The molecule has 3 heteroatoms. The molecule has 0 aliphatic heterocycles. The fraction of sp³-hybridized carbons (Fsp3) is 1.00. The highest BCUT2D eigenvalue weighted by molar-refractivity contribution is 7.75. The average Bonchev–Trinajstić information content (AvgIpc) is 2.83. The Labute approximate surface area is 234 Å². The third kappa shape index (κ3) is 27.6. The molecule has 0 spiro atoms. The van der Waals surface area contributed by atoms with Crippen LogP contribution in [0, 0.1) is 0 Å². The smallest absolute Gasteiger partial charge is 0.0594 e. The number of halogens is 1. The Hall–Kier alpha value is 0.785. The molecule has 0 bridgehead atoms. The zero-order chi connectivity index (χ0) is 24.3. The normalized spacial score (nSPS) is 11.3. The van der Waals surface area contributed by atoms with E-state index in [1.54, 1.807) is 50.3 Å². The van der Waals surface area contributed by atoms with Gasteiger partial charge < -0.3 is 12.4 Å². The maximum Gasteiger partial charge on any atom is 0.0594 e. The third-order valence-electron chi connectivity index (χ3n) is 7.94. The summed E-state index contributed by atoms with van der Waals surface area (Å²) < 4.78 is 0. The van der Waals surface area contributed by atoms with Gasteiger partial charge in [-0.15, -0.1) is 0 Å². The van der Waals surface area contributed by atoms with Crippen molar-refractivity contribution in [2.45, 2.75) is 182 Å². The third-order valence-corrected chi connectivity index (χ3v) is 13.0. The Morgan fingerprint density at radius 1 is 0.286 bits per heavy atom. The van der Waals surface area contributed by atoms with Gasteiger partial charge in [-0.1, -0.05) is 130 Å². The summed E-state index contributed by atoms with van der Waals surface area (Å²) in [5.74, 6) is 0. The Kier molecular flexibility index (Phi) is 37.8. The maximum absolute atomic E-state index is 2.37. The van der Waals surface area contributed by atoms with E-state index < -0.39 is 7.26 Å². The van der Waals surface area contributed by atoms with Crippen molar-refractivity contribution >= 4 is 15.7 Å². The van der Waals surface area contributed by atoms with Gasteiger partial charge in [0.15, 0.2) is 0 Å². The summed E-state index contributed by atoms with van der Waals surface area (Å²) in [6.45, 7) is 9.41. The summed E-state index contributed by atoms with van der Waals surface area (Å²) in [6, 6.07) is 0. The lowest BCUT2D eigenvalue weighted by atomic mass is 10.1. The van der Waals surface area contributed by atoms with Crippen molar-refractivity contribution in [3.8, 4) is 0 Å². The molecule has 0 aliphatic carbocycles. The van der Waals surface area contributed by atoms with Crippen molar-refractivity contribution in [2.24, 2.45) is 0 Å². The molecule has 35 heavy (non-hydrogen) atoms. The van der Waals surface area contributed by atoms with Gasteiger partial charge in [0.25, 0.3) is 0 Å². The zero-order valence-corrected chi connectivity index (χ0v) is 26.9. The van der Waals surface area contributed by atoms with Crippen LogP contribution in [-0.2, 0) is 0 Å². The van der Waals surface area contributed by atoms with Crippen LogP contribution in [0.5, 0.6) is 0 Å². The highest BCUT2D eigenvalue weighted by atomic mass is 35.5. The SMILES string of the molecule is CCCCCCCCCCCCCC[P+](CCCCCC)(CCCCCC)CCCCCC.[B].[Cl-]. The van der Waals surface area contributed by atoms with Crippen LogP contribution in [0.25, 0.3) is 0 Å². The Morgan fingerprint density at radius 3 is 0.686 bits per heavy atom. The molecule has 0 amide bonds. The molecule has 0 atom stereocenters. The van der Waals surface area contributed by atoms with Crippen LogP contribution in [-0.4, -0.2) is 33.1 Å². The van der Waals surface area contributed by atoms with Gasteiger partial charge in [-0.05, 0) is 51.4 Å². The van der Waals surface area contributed by atoms with Crippen molar-refractivity contribution in [1.82, 2.24) is 0 Å². The average molecular weight is 530 g/mol. The minimum atomic E-state index is -0.697. The van der Waals surface area contributed by atoms with Crippen molar-refractivity contribution in [3.63, 3.8) is 0 Å². The lowest BCUT2D eigenvalue weighted by Gasteiger charge is -2.28. The summed E-state index contributed by atoms with van der Waals surface area (Å²) in [6.07, 6.45) is 42.1. The Balaban J connectivity index is -0.00000512. The summed E-state index contributed by atoms with van der Waals surface area (Å²) in [4.78, 5) is 0. The minimum absolute atomic E-state index is 0. The predicted molar refractivity (Wildman–Crippen MR) is 166 cm³/mol. The number of unbranched alkanes of at least 4 members (excludes halogenated alkanes) is 20. The van der Waals surface area contributed by atoms with Gasteiger partial charge in [0, 0.05) is 15.7 Å². The topological polar surface area (TPSA) is 0 Å². The van der Waals surface area contributed by atoms with Crippen LogP contribution < -0.4 is 12.4 Å². The second-order valence-corrected chi connectivity index (χ2v) is 15.8. The molecule has 0 aliphatic rings. The summed E-state index contributed by atoms with van der Waals surface area (Å²) in [5.41, 5.74) is 0. The lowest BCUT2D eigenvalue weighted by molar-refractivity contribution is -0.00000772. The predicted octanol–water partition coefficient (Wildman–Crippen LogP) is 9.07. The molecule has 0 saturated heterocycles. The largest absolute Gasteiger partial charge is 1.00 e. The molecular weight excluding hydrogens is 462 g/mol. The standard InChI is InChI=1S/C32H68P.B.ClH/c1-5-9-13-17-18-19-20-21-22-23-24-28-32-33(29-25-14-10-6-2,30-26-15-11-7-3)31-27-16-12-8-4;;/h5-32H2,1-4H3;;1H/q+1;;/p-1. The van der Waals surface area contributed by atoms with Gasteiger partial charge in [-0.3, -0.25) is 0 Å². The molecule has 0 nitrogen and oxygen atoms in total. The van der Waals surface area contributed by atoms with E-state index in [9.17, 15) is 0 Å². The zero-order valence-electron chi connectivity index (χ0n) is 25.2. The summed E-state index contributed by atoms with van der Waals surface area (Å²) in [5, 5.41) is 0. The van der Waals surface area contributed by atoms with Gasteiger partial charge in [-0.25, -0.2) is 0 Å². The molecular formula is C32H68BClP. The lowest BCUT2D eigenvalue weighted by Crippen LogP contribution is -3.00. The molecule has 0 saturated carbocycles. The second kappa shape index (κ2) is 32.8. The molecule has 0 fully saturated rings. The number of hydrogen-bond donors (Lipinski definition) is 0. The van der Waals surface area contributed by atoms with Gasteiger partial charge in [0.1, 0.15) is 0 Å². The fourth-order valence-electron chi connectivity index (χ4n) is 5.58. The van der Waals surface area contributed by atoms with E-state index in [0.29, 0.717) is 0 Å². The fourth-order valence-corrected chi connectivity index (χ4v) is 10.5. The summed E-state index contributed by atoms with van der Waals surface area (Å²) >= 11 is 0. The van der Waals surface area contributed by atoms with Gasteiger partial charge >= 0.3 is 0 Å². The maximum atomic E-state index is 2.37.